The molecule has 0 radical (unpaired) electrons. The number of methoxy groups -OCH3 is 1. The Hall–Kier alpha value is -2.20. The number of pyridine rings is 1. The minimum Gasteiger partial charge on any atom is -0.503 e. The molecule has 0 saturated heterocycles. The van der Waals surface area contributed by atoms with E-state index < -0.39 is 4.92 Å². The molecule has 0 spiro atoms. The molecule has 0 unspecified atom stereocenters. The van der Waals surface area contributed by atoms with Gasteiger partial charge in [-0.3, -0.25) is 15.5 Å². The number of benzene rings is 1. The molecule has 2 aromatic rings. The topological polar surface area (TPSA) is 110 Å². The summed E-state index contributed by atoms with van der Waals surface area (Å²) < 4.78 is 6.09. The van der Waals surface area contributed by atoms with Gasteiger partial charge in [-0.05, 0) is 44.0 Å². The van der Waals surface area contributed by atoms with E-state index in [-0.39, 0.29) is 17.2 Å². The van der Waals surface area contributed by atoms with Gasteiger partial charge in [-0.1, -0.05) is 0 Å². The predicted molar refractivity (Wildman–Crippen MR) is 92.2 cm³/mol. The van der Waals surface area contributed by atoms with Crippen molar-refractivity contribution in [2.24, 2.45) is 5.10 Å². The average Bonchev–Trinajstić information content (AvgIpc) is 2.55. The Morgan fingerprint density at radius 3 is 2.74 bits per heavy atom. The lowest BCUT2D eigenvalue weighted by atomic mass is 10.2. The van der Waals surface area contributed by atoms with Crippen LogP contribution < -0.4 is 10.2 Å². The number of ether oxygens (including phenoxy) is 1. The van der Waals surface area contributed by atoms with E-state index in [9.17, 15) is 15.2 Å². The van der Waals surface area contributed by atoms with E-state index in [0.29, 0.717) is 20.3 Å². The van der Waals surface area contributed by atoms with Gasteiger partial charge in [-0.25, -0.2) is 4.98 Å². The number of rotatable bonds is 5. The number of nitro groups is 1. The minimum atomic E-state index is -0.530. The number of halogens is 2. The maximum Gasteiger partial charge on any atom is 0.287 e. The predicted octanol–water partition coefficient (Wildman–Crippen LogP) is 3.68. The summed E-state index contributed by atoms with van der Waals surface area (Å²) in [7, 11) is 1.44. The Kier molecular flexibility index (Phi) is 5.50. The second-order valence-electron chi connectivity index (χ2n) is 4.17. The first kappa shape index (κ1) is 17.2. The van der Waals surface area contributed by atoms with E-state index in [1.54, 1.807) is 6.07 Å². The molecular weight excluding hydrogens is 436 g/mol. The number of hydrazone groups is 1. The highest BCUT2D eigenvalue weighted by atomic mass is 79.9. The zero-order chi connectivity index (χ0) is 17.0. The summed E-state index contributed by atoms with van der Waals surface area (Å²) in [6.45, 7) is 0. The van der Waals surface area contributed by atoms with E-state index in [2.05, 4.69) is 47.4 Å². The smallest absolute Gasteiger partial charge is 0.287 e. The van der Waals surface area contributed by atoms with Crippen LogP contribution in [0.5, 0.6) is 11.5 Å². The van der Waals surface area contributed by atoms with Gasteiger partial charge in [-0.2, -0.15) is 5.10 Å². The number of aromatic hydroxyl groups is 1. The number of hydrogen-bond acceptors (Lipinski definition) is 7. The molecule has 1 heterocycles. The molecule has 0 fully saturated rings. The summed E-state index contributed by atoms with van der Waals surface area (Å²) in [6, 6.07) is 4.36. The first-order valence-electron chi connectivity index (χ1n) is 6.08. The third kappa shape index (κ3) is 3.96. The summed E-state index contributed by atoms with van der Waals surface area (Å²) in [5.74, 6) is 0.615. The Morgan fingerprint density at radius 1 is 1.43 bits per heavy atom. The highest BCUT2D eigenvalue weighted by molar-refractivity contribution is 9.13. The first-order valence-corrected chi connectivity index (χ1v) is 7.67. The Labute approximate surface area is 147 Å². The molecule has 0 atom stereocenters. The molecule has 10 heteroatoms. The minimum absolute atomic E-state index is 0.0264. The summed E-state index contributed by atoms with van der Waals surface area (Å²) in [5.41, 5.74) is 3.19. The molecule has 1 aromatic carbocycles. The molecule has 0 aliphatic heterocycles. The molecule has 2 rings (SSSR count). The van der Waals surface area contributed by atoms with Crippen LogP contribution in [0.15, 0.2) is 38.4 Å². The van der Waals surface area contributed by atoms with Crippen molar-refractivity contribution in [1.29, 1.82) is 0 Å². The van der Waals surface area contributed by atoms with E-state index in [4.69, 9.17) is 4.74 Å². The van der Waals surface area contributed by atoms with Crippen molar-refractivity contribution in [1.82, 2.24) is 4.98 Å². The van der Waals surface area contributed by atoms with Gasteiger partial charge in [0.1, 0.15) is 12.0 Å². The zero-order valence-electron chi connectivity index (χ0n) is 11.7. The van der Waals surface area contributed by atoms with E-state index in [1.807, 2.05) is 0 Å². The normalized spacial score (nSPS) is 10.7. The SMILES string of the molecule is COc1cc(/C=N\Nc2ccc([N+](=O)[O-])cn2)c(Br)c(Br)c1O. The third-order valence-electron chi connectivity index (χ3n) is 2.74. The van der Waals surface area contributed by atoms with Crippen molar-refractivity contribution in [2.75, 3.05) is 12.5 Å². The van der Waals surface area contributed by atoms with Gasteiger partial charge in [-0.15, -0.1) is 0 Å². The maximum absolute atomic E-state index is 10.5. The van der Waals surface area contributed by atoms with Gasteiger partial charge < -0.3 is 9.84 Å². The van der Waals surface area contributed by atoms with Crippen molar-refractivity contribution in [3.8, 4) is 11.5 Å². The summed E-state index contributed by atoms with van der Waals surface area (Å²) >= 11 is 6.58. The van der Waals surface area contributed by atoms with Crippen molar-refractivity contribution >= 4 is 49.6 Å². The zero-order valence-corrected chi connectivity index (χ0v) is 14.8. The highest BCUT2D eigenvalue weighted by Crippen LogP contribution is 2.41. The number of hydrogen-bond donors (Lipinski definition) is 2. The molecule has 0 saturated carbocycles. The number of phenolic OH excluding ortho intramolecular Hbond substituents is 1. The van der Waals surface area contributed by atoms with Gasteiger partial charge >= 0.3 is 0 Å². The lowest BCUT2D eigenvalue weighted by Crippen LogP contribution is -1.96. The Balaban J connectivity index is 2.17. The van der Waals surface area contributed by atoms with Gasteiger partial charge in [0.25, 0.3) is 5.69 Å². The molecule has 0 aliphatic rings. The lowest BCUT2D eigenvalue weighted by Gasteiger charge is -2.09. The van der Waals surface area contributed by atoms with Crippen molar-refractivity contribution in [3.05, 3.63) is 49.0 Å². The van der Waals surface area contributed by atoms with Crippen LogP contribution in [-0.2, 0) is 0 Å². The first-order chi connectivity index (χ1) is 10.9. The van der Waals surface area contributed by atoms with E-state index >= 15 is 0 Å². The fourth-order valence-electron chi connectivity index (χ4n) is 1.59. The Bertz CT molecular complexity index is 766. The molecule has 1 aromatic heterocycles. The number of aromatic nitrogens is 1. The van der Waals surface area contributed by atoms with Crippen LogP contribution in [0.25, 0.3) is 0 Å². The number of phenols is 1. The molecule has 23 heavy (non-hydrogen) atoms. The molecule has 0 aliphatic carbocycles. The van der Waals surface area contributed by atoms with Gasteiger partial charge in [0, 0.05) is 16.1 Å². The molecular formula is C13H10Br2N4O4. The quantitative estimate of drug-likeness (QED) is 0.412. The fourth-order valence-corrected chi connectivity index (χ4v) is 2.42. The summed E-state index contributed by atoms with van der Waals surface area (Å²) in [4.78, 5) is 13.9. The van der Waals surface area contributed by atoms with Gasteiger partial charge in [0.15, 0.2) is 11.5 Å². The van der Waals surface area contributed by atoms with Crippen LogP contribution in [0.4, 0.5) is 11.5 Å². The highest BCUT2D eigenvalue weighted by Gasteiger charge is 2.13. The third-order valence-corrected chi connectivity index (χ3v) is 4.89. The van der Waals surface area contributed by atoms with Crippen molar-refractivity contribution in [3.63, 3.8) is 0 Å². The number of anilines is 1. The standard InChI is InChI=1S/C13H10Br2N4O4/c1-23-9-4-7(11(14)12(15)13(9)20)5-17-18-10-3-2-8(6-16-10)19(21)22/h2-6,20H,1H3,(H,16,18)/b17-5-. The summed E-state index contributed by atoms with van der Waals surface area (Å²) in [6.07, 6.45) is 2.62. The fraction of sp³-hybridized carbons (Fsp3) is 0.0769. The second kappa shape index (κ2) is 7.38. The van der Waals surface area contributed by atoms with Crippen LogP contribution in [0.3, 0.4) is 0 Å². The molecule has 0 amide bonds. The van der Waals surface area contributed by atoms with Crippen LogP contribution >= 0.6 is 31.9 Å². The molecule has 2 N–H and O–H groups in total. The van der Waals surface area contributed by atoms with Gasteiger partial charge in [0.2, 0.25) is 0 Å². The van der Waals surface area contributed by atoms with E-state index in [0.717, 1.165) is 6.20 Å². The van der Waals surface area contributed by atoms with Crippen molar-refractivity contribution < 1.29 is 14.8 Å². The maximum atomic E-state index is 10.5. The van der Waals surface area contributed by atoms with Crippen LogP contribution in [0.1, 0.15) is 5.56 Å². The largest absolute Gasteiger partial charge is 0.503 e. The van der Waals surface area contributed by atoms with Crippen LogP contribution in [0, 0.1) is 10.1 Å². The van der Waals surface area contributed by atoms with Crippen LogP contribution in [0.2, 0.25) is 0 Å². The van der Waals surface area contributed by atoms with Crippen LogP contribution in [-0.4, -0.2) is 28.3 Å². The summed E-state index contributed by atoms with van der Waals surface area (Å²) in [5, 5.41) is 24.4. The second-order valence-corrected chi connectivity index (χ2v) is 5.76. The number of nitrogens with zero attached hydrogens (tertiary/aromatic N) is 3. The van der Waals surface area contributed by atoms with Gasteiger partial charge in [0.05, 0.1) is 22.7 Å². The van der Waals surface area contributed by atoms with Crippen molar-refractivity contribution in [2.45, 2.75) is 0 Å². The molecule has 0 bridgehead atoms. The lowest BCUT2D eigenvalue weighted by molar-refractivity contribution is -0.385. The monoisotopic (exact) mass is 444 g/mol. The number of nitrogens with one attached hydrogen (secondary N) is 1. The van der Waals surface area contributed by atoms with E-state index in [1.165, 1.54) is 25.5 Å². The Morgan fingerprint density at radius 2 is 2.17 bits per heavy atom. The molecule has 120 valence electrons. The average molecular weight is 446 g/mol. The molecule has 8 nitrogen and oxygen atoms in total.